The monoisotopic (exact) mass is 300 g/mol. The standard InChI is InChI=1S/C16H20N4O2/c1-20(2)14-7-8-17-16(19-14)18-11-12-5-3-6-13-15(12)22-10-4-9-21-13/h3,5-8H,4,9-11H2,1-2H3,(H,17,18,19). The summed E-state index contributed by atoms with van der Waals surface area (Å²) in [6.07, 6.45) is 2.64. The zero-order valence-electron chi connectivity index (χ0n) is 12.9. The third-order valence-electron chi connectivity index (χ3n) is 3.39. The van der Waals surface area contributed by atoms with Crippen molar-refractivity contribution in [1.29, 1.82) is 0 Å². The van der Waals surface area contributed by atoms with Crippen molar-refractivity contribution in [3.05, 3.63) is 36.0 Å². The summed E-state index contributed by atoms with van der Waals surface area (Å²) in [6, 6.07) is 7.81. The van der Waals surface area contributed by atoms with Crippen LogP contribution in [0.15, 0.2) is 30.5 Å². The Labute approximate surface area is 130 Å². The second-order valence-corrected chi connectivity index (χ2v) is 5.28. The number of benzene rings is 1. The van der Waals surface area contributed by atoms with Crippen LogP contribution in [-0.4, -0.2) is 37.3 Å². The van der Waals surface area contributed by atoms with Crippen LogP contribution in [0.3, 0.4) is 0 Å². The van der Waals surface area contributed by atoms with Gasteiger partial charge in [-0.1, -0.05) is 12.1 Å². The van der Waals surface area contributed by atoms with E-state index in [9.17, 15) is 0 Å². The molecule has 1 aromatic carbocycles. The molecule has 0 radical (unpaired) electrons. The van der Waals surface area contributed by atoms with E-state index in [2.05, 4.69) is 15.3 Å². The maximum Gasteiger partial charge on any atom is 0.224 e. The Bertz CT molecular complexity index is 646. The quantitative estimate of drug-likeness (QED) is 0.935. The molecule has 1 aliphatic rings. The first kappa shape index (κ1) is 14.4. The minimum Gasteiger partial charge on any atom is -0.490 e. The number of hydrogen-bond acceptors (Lipinski definition) is 6. The van der Waals surface area contributed by atoms with E-state index < -0.39 is 0 Å². The van der Waals surface area contributed by atoms with Gasteiger partial charge in [-0.15, -0.1) is 0 Å². The van der Waals surface area contributed by atoms with Crippen molar-refractivity contribution in [1.82, 2.24) is 9.97 Å². The SMILES string of the molecule is CN(C)c1ccnc(NCc2cccc3c2OCCCO3)n1. The summed E-state index contributed by atoms with van der Waals surface area (Å²) in [7, 11) is 3.91. The van der Waals surface area contributed by atoms with Gasteiger partial charge in [-0.25, -0.2) is 4.98 Å². The van der Waals surface area contributed by atoms with Gasteiger partial charge in [0.2, 0.25) is 5.95 Å². The van der Waals surface area contributed by atoms with E-state index in [-0.39, 0.29) is 0 Å². The molecule has 6 heteroatoms. The minimum absolute atomic E-state index is 0.587. The third kappa shape index (κ3) is 3.21. The van der Waals surface area contributed by atoms with Crippen molar-refractivity contribution in [2.24, 2.45) is 0 Å². The second-order valence-electron chi connectivity index (χ2n) is 5.28. The van der Waals surface area contributed by atoms with Crippen LogP contribution in [0, 0.1) is 0 Å². The molecule has 0 unspecified atom stereocenters. The van der Waals surface area contributed by atoms with Crippen LogP contribution in [0.1, 0.15) is 12.0 Å². The zero-order valence-corrected chi connectivity index (χ0v) is 12.9. The summed E-state index contributed by atoms with van der Waals surface area (Å²) in [4.78, 5) is 10.6. The summed E-state index contributed by atoms with van der Waals surface area (Å²) in [5.41, 5.74) is 1.04. The Hall–Kier alpha value is -2.50. The molecule has 2 aromatic rings. The number of ether oxygens (including phenoxy) is 2. The fraction of sp³-hybridized carbons (Fsp3) is 0.375. The molecule has 6 nitrogen and oxygen atoms in total. The fourth-order valence-electron chi connectivity index (χ4n) is 2.25. The number of nitrogens with one attached hydrogen (secondary N) is 1. The number of aromatic nitrogens is 2. The molecule has 1 aliphatic heterocycles. The van der Waals surface area contributed by atoms with Gasteiger partial charge in [0.1, 0.15) is 5.82 Å². The van der Waals surface area contributed by atoms with E-state index in [4.69, 9.17) is 9.47 Å². The number of rotatable bonds is 4. The zero-order chi connectivity index (χ0) is 15.4. The van der Waals surface area contributed by atoms with Crippen LogP contribution < -0.4 is 19.7 Å². The number of anilines is 2. The van der Waals surface area contributed by atoms with Crippen LogP contribution in [0.2, 0.25) is 0 Å². The lowest BCUT2D eigenvalue weighted by Crippen LogP contribution is -2.13. The molecular weight excluding hydrogens is 280 g/mol. The largest absolute Gasteiger partial charge is 0.490 e. The summed E-state index contributed by atoms with van der Waals surface area (Å²) in [5, 5.41) is 3.24. The molecule has 1 aromatic heterocycles. The normalized spacial score (nSPS) is 13.4. The molecule has 3 rings (SSSR count). The highest BCUT2D eigenvalue weighted by Gasteiger charge is 2.14. The van der Waals surface area contributed by atoms with Crippen molar-refractivity contribution < 1.29 is 9.47 Å². The lowest BCUT2D eigenvalue weighted by Gasteiger charge is -2.14. The molecule has 0 bridgehead atoms. The molecule has 116 valence electrons. The highest BCUT2D eigenvalue weighted by atomic mass is 16.5. The van der Waals surface area contributed by atoms with Gasteiger partial charge in [-0.3, -0.25) is 0 Å². The average molecular weight is 300 g/mol. The van der Waals surface area contributed by atoms with Crippen molar-refractivity contribution in [2.75, 3.05) is 37.5 Å². The highest BCUT2D eigenvalue weighted by Crippen LogP contribution is 2.33. The van der Waals surface area contributed by atoms with Gasteiger partial charge in [-0.05, 0) is 12.1 Å². The van der Waals surface area contributed by atoms with Gasteiger partial charge >= 0.3 is 0 Å². The molecular formula is C16H20N4O2. The first-order chi connectivity index (χ1) is 10.7. The maximum atomic E-state index is 5.82. The molecule has 0 fully saturated rings. The number of nitrogens with zero attached hydrogens (tertiary/aromatic N) is 3. The van der Waals surface area contributed by atoms with Crippen LogP contribution in [0.5, 0.6) is 11.5 Å². The Morgan fingerprint density at radius 2 is 2.05 bits per heavy atom. The van der Waals surface area contributed by atoms with Gasteiger partial charge < -0.3 is 19.7 Å². The molecule has 2 heterocycles. The van der Waals surface area contributed by atoms with Crippen LogP contribution >= 0.6 is 0 Å². The van der Waals surface area contributed by atoms with E-state index in [1.807, 2.05) is 43.3 Å². The van der Waals surface area contributed by atoms with Crippen molar-refractivity contribution >= 4 is 11.8 Å². The number of hydrogen-bond donors (Lipinski definition) is 1. The van der Waals surface area contributed by atoms with Crippen molar-refractivity contribution in [3.8, 4) is 11.5 Å². The molecule has 0 saturated carbocycles. The van der Waals surface area contributed by atoms with E-state index in [0.717, 1.165) is 29.3 Å². The van der Waals surface area contributed by atoms with E-state index in [1.165, 1.54) is 0 Å². The van der Waals surface area contributed by atoms with Gasteiger partial charge in [0.05, 0.1) is 13.2 Å². The summed E-state index contributed by atoms with van der Waals surface area (Å²) < 4.78 is 11.5. The smallest absolute Gasteiger partial charge is 0.224 e. The van der Waals surface area contributed by atoms with Crippen LogP contribution in [-0.2, 0) is 6.54 Å². The number of para-hydroxylation sites is 1. The van der Waals surface area contributed by atoms with Gasteiger partial charge in [0.25, 0.3) is 0 Å². The summed E-state index contributed by atoms with van der Waals surface area (Å²) in [5.74, 6) is 3.08. The van der Waals surface area contributed by atoms with Gasteiger partial charge in [0.15, 0.2) is 11.5 Å². The fourth-order valence-corrected chi connectivity index (χ4v) is 2.25. The number of fused-ring (bicyclic) bond motifs is 1. The Kier molecular flexibility index (Phi) is 4.27. The van der Waals surface area contributed by atoms with Gasteiger partial charge in [0, 0.05) is 38.8 Å². The minimum atomic E-state index is 0.587. The van der Waals surface area contributed by atoms with E-state index >= 15 is 0 Å². The third-order valence-corrected chi connectivity index (χ3v) is 3.39. The highest BCUT2D eigenvalue weighted by molar-refractivity contribution is 5.49. The Morgan fingerprint density at radius 3 is 2.91 bits per heavy atom. The molecule has 0 aliphatic carbocycles. The van der Waals surface area contributed by atoms with Crippen LogP contribution in [0.4, 0.5) is 11.8 Å². The first-order valence-electron chi connectivity index (χ1n) is 7.36. The molecule has 0 spiro atoms. The molecule has 0 amide bonds. The predicted molar refractivity (Wildman–Crippen MR) is 85.7 cm³/mol. The molecule has 0 saturated heterocycles. The lowest BCUT2D eigenvalue weighted by atomic mass is 10.2. The van der Waals surface area contributed by atoms with E-state index in [0.29, 0.717) is 25.7 Å². The molecule has 0 atom stereocenters. The molecule has 22 heavy (non-hydrogen) atoms. The maximum absolute atomic E-state index is 5.82. The Balaban J connectivity index is 1.75. The van der Waals surface area contributed by atoms with E-state index in [1.54, 1.807) is 6.20 Å². The van der Waals surface area contributed by atoms with Crippen molar-refractivity contribution in [2.45, 2.75) is 13.0 Å². The van der Waals surface area contributed by atoms with Crippen LogP contribution in [0.25, 0.3) is 0 Å². The van der Waals surface area contributed by atoms with Crippen molar-refractivity contribution in [3.63, 3.8) is 0 Å². The first-order valence-corrected chi connectivity index (χ1v) is 7.36. The summed E-state index contributed by atoms with van der Waals surface area (Å²) >= 11 is 0. The average Bonchev–Trinajstić information content (AvgIpc) is 2.79. The topological polar surface area (TPSA) is 59.5 Å². The lowest BCUT2D eigenvalue weighted by molar-refractivity contribution is 0.296. The predicted octanol–water partition coefficient (Wildman–Crippen LogP) is 2.32. The Morgan fingerprint density at radius 1 is 1.18 bits per heavy atom. The van der Waals surface area contributed by atoms with Gasteiger partial charge in [-0.2, -0.15) is 4.98 Å². The second kappa shape index (κ2) is 6.51. The summed E-state index contributed by atoms with van der Waals surface area (Å²) in [6.45, 7) is 1.96. The molecule has 1 N–H and O–H groups in total.